The summed E-state index contributed by atoms with van der Waals surface area (Å²) in [6, 6.07) is 12.7. The normalized spacial score (nSPS) is 16.3. The van der Waals surface area contributed by atoms with Crippen molar-refractivity contribution in [2.24, 2.45) is 0 Å². The van der Waals surface area contributed by atoms with Crippen LogP contribution < -0.4 is 5.32 Å². The lowest BCUT2D eigenvalue weighted by Crippen LogP contribution is -2.42. The first-order chi connectivity index (χ1) is 15.2. The van der Waals surface area contributed by atoms with Gasteiger partial charge in [0.2, 0.25) is 0 Å². The van der Waals surface area contributed by atoms with Crippen molar-refractivity contribution in [2.45, 2.75) is 6.10 Å². The van der Waals surface area contributed by atoms with Gasteiger partial charge in [-0.05, 0) is 24.3 Å². The highest BCUT2D eigenvalue weighted by atomic mass is 16.5. The van der Waals surface area contributed by atoms with Crippen molar-refractivity contribution in [1.29, 1.82) is 0 Å². The van der Waals surface area contributed by atoms with E-state index < -0.39 is 6.10 Å². The van der Waals surface area contributed by atoms with Crippen LogP contribution in [0.4, 0.5) is 0 Å². The number of pyridine rings is 2. The molecular formula is C23H24N4O4. The minimum atomic E-state index is -0.426. The van der Waals surface area contributed by atoms with E-state index in [0.717, 1.165) is 5.39 Å². The third-order valence-electron chi connectivity index (χ3n) is 5.16. The van der Waals surface area contributed by atoms with Gasteiger partial charge in [0.1, 0.15) is 6.10 Å². The van der Waals surface area contributed by atoms with Crippen LogP contribution >= 0.6 is 0 Å². The van der Waals surface area contributed by atoms with Crippen molar-refractivity contribution < 1.29 is 19.1 Å². The number of para-hydroxylation sites is 1. The maximum Gasteiger partial charge on any atom is 0.255 e. The summed E-state index contributed by atoms with van der Waals surface area (Å²) in [5.41, 5.74) is 2.39. The van der Waals surface area contributed by atoms with Gasteiger partial charge in [0.05, 0.1) is 42.1 Å². The maximum absolute atomic E-state index is 12.8. The van der Waals surface area contributed by atoms with Gasteiger partial charge in [-0.15, -0.1) is 0 Å². The predicted molar refractivity (Wildman–Crippen MR) is 115 cm³/mol. The molecule has 4 rings (SSSR count). The highest BCUT2D eigenvalue weighted by Crippen LogP contribution is 2.26. The largest absolute Gasteiger partial charge is 0.383 e. The van der Waals surface area contributed by atoms with E-state index >= 15 is 0 Å². The number of nitrogens with zero attached hydrogens (tertiary/aromatic N) is 3. The minimum Gasteiger partial charge on any atom is -0.383 e. The fraction of sp³-hybridized carbons (Fsp3) is 0.304. The average molecular weight is 420 g/mol. The topological polar surface area (TPSA) is 93.7 Å². The van der Waals surface area contributed by atoms with Gasteiger partial charge in [-0.3, -0.25) is 14.6 Å². The van der Waals surface area contributed by atoms with Crippen LogP contribution in [0.1, 0.15) is 32.5 Å². The van der Waals surface area contributed by atoms with Crippen molar-refractivity contribution in [3.8, 4) is 0 Å². The molecule has 1 saturated heterocycles. The number of amides is 2. The van der Waals surface area contributed by atoms with Crippen molar-refractivity contribution in [3.63, 3.8) is 0 Å². The molecule has 0 unspecified atom stereocenters. The van der Waals surface area contributed by atoms with E-state index in [1.807, 2.05) is 24.3 Å². The Morgan fingerprint density at radius 1 is 1.26 bits per heavy atom. The lowest BCUT2D eigenvalue weighted by atomic mass is 10.0. The van der Waals surface area contributed by atoms with Gasteiger partial charge in [-0.1, -0.05) is 18.2 Å². The highest BCUT2D eigenvalue weighted by molar-refractivity contribution is 6.06. The van der Waals surface area contributed by atoms with Crippen LogP contribution in [0.2, 0.25) is 0 Å². The zero-order valence-corrected chi connectivity index (χ0v) is 17.3. The Kier molecular flexibility index (Phi) is 6.49. The van der Waals surface area contributed by atoms with Crippen molar-refractivity contribution >= 4 is 22.7 Å². The molecule has 0 aliphatic carbocycles. The molecule has 1 aliphatic heterocycles. The second kappa shape index (κ2) is 9.63. The molecule has 1 aliphatic rings. The zero-order chi connectivity index (χ0) is 21.6. The van der Waals surface area contributed by atoms with Gasteiger partial charge >= 0.3 is 0 Å². The number of morpholine rings is 1. The summed E-state index contributed by atoms with van der Waals surface area (Å²) in [6.45, 7) is 2.07. The lowest BCUT2D eigenvalue weighted by molar-refractivity contribution is -0.0246. The van der Waals surface area contributed by atoms with Crippen molar-refractivity contribution in [2.75, 3.05) is 40.0 Å². The zero-order valence-electron chi connectivity index (χ0n) is 17.3. The van der Waals surface area contributed by atoms with Crippen LogP contribution in [0.5, 0.6) is 0 Å². The number of benzene rings is 1. The molecule has 1 fully saturated rings. The molecule has 3 heterocycles. The number of aromatic nitrogens is 2. The molecule has 31 heavy (non-hydrogen) atoms. The molecule has 0 bridgehead atoms. The number of fused-ring (bicyclic) bond motifs is 1. The van der Waals surface area contributed by atoms with Crippen molar-refractivity contribution in [1.82, 2.24) is 20.2 Å². The first-order valence-electron chi connectivity index (χ1n) is 10.1. The summed E-state index contributed by atoms with van der Waals surface area (Å²) in [5.74, 6) is -0.296. The molecule has 3 aromatic rings. The first-order valence-corrected chi connectivity index (χ1v) is 10.1. The van der Waals surface area contributed by atoms with Gasteiger partial charge in [0.25, 0.3) is 11.8 Å². The van der Waals surface area contributed by atoms with E-state index in [2.05, 4.69) is 10.3 Å². The number of methoxy groups -OCH3 is 1. The van der Waals surface area contributed by atoms with E-state index in [0.29, 0.717) is 55.2 Å². The second-order valence-electron chi connectivity index (χ2n) is 7.21. The van der Waals surface area contributed by atoms with Gasteiger partial charge in [0, 0.05) is 38.0 Å². The Labute approximate surface area is 180 Å². The monoisotopic (exact) mass is 420 g/mol. The quantitative estimate of drug-likeness (QED) is 0.615. The van der Waals surface area contributed by atoms with Crippen LogP contribution in [-0.4, -0.2) is 66.6 Å². The molecule has 0 saturated carbocycles. The SMILES string of the molecule is COCCNC(=O)c1cc([C@H]2CN(C(=O)c3cccnc3)CCO2)nc2ccccc12. The Morgan fingerprint density at radius 3 is 2.94 bits per heavy atom. The molecular weight excluding hydrogens is 396 g/mol. The maximum atomic E-state index is 12.8. The third kappa shape index (κ3) is 4.70. The molecule has 0 radical (unpaired) electrons. The van der Waals surface area contributed by atoms with Gasteiger partial charge in [-0.25, -0.2) is 4.98 Å². The van der Waals surface area contributed by atoms with E-state index in [1.54, 1.807) is 42.6 Å². The highest BCUT2D eigenvalue weighted by Gasteiger charge is 2.28. The number of rotatable bonds is 6. The van der Waals surface area contributed by atoms with E-state index in [4.69, 9.17) is 14.5 Å². The molecule has 2 aromatic heterocycles. The summed E-state index contributed by atoms with van der Waals surface area (Å²) >= 11 is 0. The molecule has 160 valence electrons. The van der Waals surface area contributed by atoms with Gasteiger partial charge in [-0.2, -0.15) is 0 Å². The number of ether oxygens (including phenoxy) is 2. The Balaban J connectivity index is 1.61. The number of nitrogens with one attached hydrogen (secondary N) is 1. The first kappa shape index (κ1) is 20.9. The van der Waals surface area contributed by atoms with Crippen LogP contribution in [0.3, 0.4) is 0 Å². The molecule has 1 atom stereocenters. The summed E-state index contributed by atoms with van der Waals surface area (Å²) in [4.78, 5) is 36.2. The Hall–Kier alpha value is -3.36. The van der Waals surface area contributed by atoms with E-state index in [-0.39, 0.29) is 11.8 Å². The fourth-order valence-electron chi connectivity index (χ4n) is 3.60. The second-order valence-corrected chi connectivity index (χ2v) is 7.21. The smallest absolute Gasteiger partial charge is 0.255 e. The molecule has 0 spiro atoms. The number of carbonyl (C=O) groups excluding carboxylic acids is 2. The Bertz CT molecular complexity index is 1070. The molecule has 8 nitrogen and oxygen atoms in total. The standard InChI is InChI=1S/C23H24N4O4/c1-30-11-9-25-22(28)18-13-20(26-19-7-3-2-6-17(18)19)21-15-27(10-12-31-21)23(29)16-5-4-8-24-14-16/h2-8,13-14,21H,9-12,15H2,1H3,(H,25,28)/t21-/m1/s1. The number of carbonyl (C=O) groups is 2. The summed E-state index contributed by atoms with van der Waals surface area (Å²) < 4.78 is 11.0. The van der Waals surface area contributed by atoms with Crippen LogP contribution in [-0.2, 0) is 9.47 Å². The van der Waals surface area contributed by atoms with Crippen molar-refractivity contribution in [3.05, 3.63) is 71.7 Å². The van der Waals surface area contributed by atoms with Crippen LogP contribution in [0, 0.1) is 0 Å². The van der Waals surface area contributed by atoms with E-state index in [9.17, 15) is 9.59 Å². The predicted octanol–water partition coefficient (Wildman–Crippen LogP) is 2.22. The summed E-state index contributed by atoms with van der Waals surface area (Å²) in [7, 11) is 1.59. The minimum absolute atomic E-state index is 0.0975. The molecule has 8 heteroatoms. The van der Waals surface area contributed by atoms with E-state index in [1.165, 1.54) is 0 Å². The third-order valence-corrected chi connectivity index (χ3v) is 5.16. The van der Waals surface area contributed by atoms with Crippen LogP contribution in [0.25, 0.3) is 10.9 Å². The molecule has 1 N–H and O–H groups in total. The number of hydrogen-bond acceptors (Lipinski definition) is 6. The molecule has 2 amide bonds. The average Bonchev–Trinajstić information content (AvgIpc) is 2.83. The van der Waals surface area contributed by atoms with Gasteiger partial charge in [0.15, 0.2) is 0 Å². The Morgan fingerprint density at radius 2 is 2.13 bits per heavy atom. The fourth-order valence-corrected chi connectivity index (χ4v) is 3.60. The summed E-state index contributed by atoms with van der Waals surface area (Å²) in [5, 5.41) is 3.63. The summed E-state index contributed by atoms with van der Waals surface area (Å²) in [6.07, 6.45) is 2.77. The van der Waals surface area contributed by atoms with Crippen LogP contribution in [0.15, 0.2) is 54.9 Å². The van der Waals surface area contributed by atoms with Gasteiger partial charge < -0.3 is 19.7 Å². The lowest BCUT2D eigenvalue weighted by Gasteiger charge is -2.33. The molecule has 1 aromatic carbocycles. The number of hydrogen-bond donors (Lipinski definition) is 1.